The first-order valence-corrected chi connectivity index (χ1v) is 9.96. The van der Waals surface area contributed by atoms with Gasteiger partial charge in [0, 0.05) is 20.2 Å². The van der Waals surface area contributed by atoms with Crippen molar-refractivity contribution >= 4 is 27.6 Å². The molecule has 9 heteroatoms. The fraction of sp³-hybridized carbons (Fsp3) is 0.263. The number of urea groups is 1. The van der Waals surface area contributed by atoms with Crippen molar-refractivity contribution in [2.45, 2.75) is 11.4 Å². The number of benzene rings is 2. The number of sulfonamides is 1. The van der Waals surface area contributed by atoms with Gasteiger partial charge in [-0.2, -0.15) is 0 Å². The maximum Gasteiger partial charge on any atom is 0.332 e. The van der Waals surface area contributed by atoms with E-state index in [0.717, 1.165) is 9.87 Å². The predicted octanol–water partition coefficient (Wildman–Crippen LogP) is 1.91. The molecule has 0 bridgehead atoms. The number of imide groups is 1. The van der Waals surface area contributed by atoms with Crippen LogP contribution in [0.1, 0.15) is 5.56 Å². The van der Waals surface area contributed by atoms with E-state index in [9.17, 15) is 18.0 Å². The van der Waals surface area contributed by atoms with Gasteiger partial charge in [0.25, 0.3) is 5.91 Å². The zero-order valence-corrected chi connectivity index (χ0v) is 16.6. The molecule has 1 aliphatic heterocycles. The molecule has 1 saturated heterocycles. The van der Waals surface area contributed by atoms with E-state index in [2.05, 4.69) is 0 Å². The van der Waals surface area contributed by atoms with E-state index in [1.807, 2.05) is 30.3 Å². The van der Waals surface area contributed by atoms with E-state index >= 15 is 0 Å². The highest BCUT2D eigenvalue weighted by atomic mass is 32.2. The summed E-state index contributed by atoms with van der Waals surface area (Å²) in [5, 5.41) is 0. The van der Waals surface area contributed by atoms with Crippen molar-refractivity contribution < 1.29 is 22.7 Å². The number of hydrogen-bond acceptors (Lipinski definition) is 5. The number of amides is 3. The largest absolute Gasteiger partial charge is 0.495 e. The Morgan fingerprint density at radius 1 is 1.07 bits per heavy atom. The van der Waals surface area contributed by atoms with Crippen LogP contribution in [0, 0.1) is 0 Å². The Kier molecular flexibility index (Phi) is 5.39. The standard InChI is InChI=1S/C19H21N3O5S/c1-20(2)28(25,26)15-9-10-16(17(11-15)27-3)21-13-18(23)22(19(21)24)12-14-7-5-4-6-8-14/h4-11H,12-13H2,1-3H3. The van der Waals surface area contributed by atoms with Crippen molar-refractivity contribution in [3.05, 3.63) is 54.1 Å². The molecule has 148 valence electrons. The van der Waals surface area contributed by atoms with Gasteiger partial charge in [-0.15, -0.1) is 0 Å². The monoisotopic (exact) mass is 403 g/mol. The fourth-order valence-electron chi connectivity index (χ4n) is 2.90. The normalized spacial score (nSPS) is 14.9. The smallest absolute Gasteiger partial charge is 0.332 e. The molecule has 0 spiro atoms. The maximum absolute atomic E-state index is 12.8. The first-order chi connectivity index (χ1) is 13.3. The molecule has 0 unspecified atom stereocenters. The van der Waals surface area contributed by atoms with E-state index in [-0.39, 0.29) is 29.6 Å². The number of rotatable bonds is 6. The van der Waals surface area contributed by atoms with Crippen LogP contribution in [0.5, 0.6) is 5.75 Å². The van der Waals surface area contributed by atoms with E-state index in [1.165, 1.54) is 49.2 Å². The zero-order chi connectivity index (χ0) is 20.5. The molecule has 1 aliphatic rings. The second-order valence-electron chi connectivity index (χ2n) is 6.46. The molecule has 0 N–H and O–H groups in total. The Morgan fingerprint density at radius 2 is 1.75 bits per heavy atom. The summed E-state index contributed by atoms with van der Waals surface area (Å²) in [5.41, 5.74) is 1.18. The molecule has 0 aliphatic carbocycles. The van der Waals surface area contributed by atoms with Crippen LogP contribution in [0.3, 0.4) is 0 Å². The molecule has 2 aromatic rings. The molecule has 2 aromatic carbocycles. The second-order valence-corrected chi connectivity index (χ2v) is 8.61. The predicted molar refractivity (Wildman–Crippen MR) is 104 cm³/mol. The van der Waals surface area contributed by atoms with Gasteiger partial charge >= 0.3 is 6.03 Å². The third-order valence-corrected chi connectivity index (χ3v) is 6.27. The van der Waals surface area contributed by atoms with Gasteiger partial charge in [-0.05, 0) is 17.7 Å². The van der Waals surface area contributed by atoms with Crippen LogP contribution >= 0.6 is 0 Å². The topological polar surface area (TPSA) is 87.2 Å². The molecule has 1 fully saturated rings. The summed E-state index contributed by atoms with van der Waals surface area (Å²) in [4.78, 5) is 27.7. The van der Waals surface area contributed by atoms with Crippen LogP contribution in [-0.2, 0) is 21.4 Å². The van der Waals surface area contributed by atoms with Crippen LogP contribution in [0.25, 0.3) is 0 Å². The Bertz CT molecular complexity index is 1010. The van der Waals surface area contributed by atoms with Gasteiger partial charge in [0.1, 0.15) is 12.3 Å². The quantitative estimate of drug-likeness (QED) is 0.688. The lowest BCUT2D eigenvalue weighted by molar-refractivity contribution is -0.125. The number of anilines is 1. The maximum atomic E-state index is 12.8. The molecule has 3 amide bonds. The van der Waals surface area contributed by atoms with Crippen molar-refractivity contribution in [2.24, 2.45) is 0 Å². The highest BCUT2D eigenvalue weighted by molar-refractivity contribution is 7.89. The second kappa shape index (κ2) is 7.61. The number of carbonyl (C=O) groups excluding carboxylic acids is 2. The van der Waals surface area contributed by atoms with Crippen molar-refractivity contribution in [2.75, 3.05) is 32.6 Å². The van der Waals surface area contributed by atoms with E-state index in [0.29, 0.717) is 5.69 Å². The summed E-state index contributed by atoms with van der Waals surface area (Å²) in [5.74, 6) is -0.133. The molecular weight excluding hydrogens is 382 g/mol. The van der Waals surface area contributed by atoms with Gasteiger partial charge in [0.05, 0.1) is 24.2 Å². The number of ether oxygens (including phenoxy) is 1. The van der Waals surface area contributed by atoms with Crippen molar-refractivity contribution in [3.63, 3.8) is 0 Å². The molecule has 3 rings (SSSR count). The molecule has 0 saturated carbocycles. The van der Waals surface area contributed by atoms with Crippen molar-refractivity contribution in [1.82, 2.24) is 9.21 Å². The minimum atomic E-state index is -3.65. The Balaban J connectivity index is 1.91. The Hall–Kier alpha value is -2.91. The third-order valence-electron chi connectivity index (χ3n) is 4.46. The first kappa shape index (κ1) is 19.8. The third kappa shape index (κ3) is 3.58. The number of hydrogen-bond donors (Lipinski definition) is 0. The lowest BCUT2D eigenvalue weighted by Gasteiger charge is -2.20. The number of methoxy groups -OCH3 is 1. The zero-order valence-electron chi connectivity index (χ0n) is 15.8. The average molecular weight is 403 g/mol. The molecule has 28 heavy (non-hydrogen) atoms. The summed E-state index contributed by atoms with van der Waals surface area (Å²) in [7, 11) is 0.592. The van der Waals surface area contributed by atoms with Crippen LogP contribution in [0.4, 0.5) is 10.5 Å². The lowest BCUT2D eigenvalue weighted by Crippen LogP contribution is -2.32. The molecule has 0 radical (unpaired) electrons. The minimum Gasteiger partial charge on any atom is -0.495 e. The van der Waals surface area contributed by atoms with Crippen molar-refractivity contribution in [3.8, 4) is 5.75 Å². The summed E-state index contributed by atoms with van der Waals surface area (Å²) < 4.78 is 31.1. The summed E-state index contributed by atoms with van der Waals surface area (Å²) in [6.45, 7) is 0.0339. The van der Waals surface area contributed by atoms with Gasteiger partial charge in [-0.3, -0.25) is 14.6 Å². The summed E-state index contributed by atoms with van der Waals surface area (Å²) in [6, 6.07) is 13.0. The summed E-state index contributed by atoms with van der Waals surface area (Å²) in [6.07, 6.45) is 0. The van der Waals surface area contributed by atoms with Gasteiger partial charge < -0.3 is 4.74 Å². The van der Waals surface area contributed by atoms with E-state index in [4.69, 9.17) is 4.74 Å². The fourth-order valence-corrected chi connectivity index (χ4v) is 3.82. The SMILES string of the molecule is COc1cc(S(=O)(=O)N(C)C)ccc1N1CC(=O)N(Cc2ccccc2)C1=O. The number of nitrogens with zero attached hydrogens (tertiary/aromatic N) is 3. The highest BCUT2D eigenvalue weighted by Gasteiger charge is 2.38. The van der Waals surface area contributed by atoms with Gasteiger partial charge in [-0.25, -0.2) is 17.5 Å². The molecule has 8 nitrogen and oxygen atoms in total. The summed E-state index contributed by atoms with van der Waals surface area (Å²) >= 11 is 0. The van der Waals surface area contributed by atoms with E-state index < -0.39 is 16.1 Å². The molecule has 1 heterocycles. The average Bonchev–Trinajstić information content (AvgIpc) is 2.96. The minimum absolute atomic E-state index is 0.0391. The van der Waals surface area contributed by atoms with Crippen LogP contribution in [-0.4, -0.2) is 57.3 Å². The van der Waals surface area contributed by atoms with Gasteiger partial charge in [0.15, 0.2) is 0 Å². The number of carbonyl (C=O) groups is 2. The van der Waals surface area contributed by atoms with Crippen LogP contribution in [0.15, 0.2) is 53.4 Å². The molecule has 0 atom stereocenters. The Morgan fingerprint density at radius 3 is 2.36 bits per heavy atom. The van der Waals surface area contributed by atoms with Crippen LogP contribution < -0.4 is 9.64 Å². The highest BCUT2D eigenvalue weighted by Crippen LogP contribution is 2.34. The lowest BCUT2D eigenvalue weighted by atomic mass is 10.2. The molecular formula is C19H21N3O5S. The van der Waals surface area contributed by atoms with E-state index in [1.54, 1.807) is 0 Å². The van der Waals surface area contributed by atoms with Gasteiger partial charge in [-0.1, -0.05) is 30.3 Å². The Labute approximate surface area is 164 Å². The van der Waals surface area contributed by atoms with Gasteiger partial charge in [0.2, 0.25) is 10.0 Å². The first-order valence-electron chi connectivity index (χ1n) is 8.52. The molecule has 0 aromatic heterocycles. The van der Waals surface area contributed by atoms with Crippen LogP contribution in [0.2, 0.25) is 0 Å². The van der Waals surface area contributed by atoms with Crippen molar-refractivity contribution in [1.29, 1.82) is 0 Å².